The van der Waals surface area contributed by atoms with Crippen LogP contribution in [-0.2, 0) is 14.8 Å². The zero-order valence-electron chi connectivity index (χ0n) is 18.1. The average molecular weight is 468 g/mol. The fourth-order valence-electron chi connectivity index (χ4n) is 4.82. The summed E-state index contributed by atoms with van der Waals surface area (Å²) < 4.78 is 39.4. The van der Waals surface area contributed by atoms with Crippen LogP contribution >= 0.6 is 0 Å². The highest BCUT2D eigenvalue weighted by Crippen LogP contribution is 2.47. The van der Waals surface area contributed by atoms with Gasteiger partial charge in [-0.05, 0) is 49.9 Å². The number of piperidine rings is 1. The van der Waals surface area contributed by atoms with Gasteiger partial charge in [0.2, 0.25) is 15.9 Å². The highest BCUT2D eigenvalue weighted by atomic mass is 32.2. The third-order valence-corrected chi connectivity index (χ3v) is 8.58. The van der Waals surface area contributed by atoms with Crippen LogP contribution in [0.4, 0.5) is 5.69 Å². The molecular weight excluding hydrogens is 442 g/mol. The lowest BCUT2D eigenvalue weighted by molar-refractivity contribution is -0.120. The molecule has 33 heavy (non-hydrogen) atoms. The number of nitrogens with zero attached hydrogens (tertiary/aromatic N) is 2. The number of anilines is 1. The quantitative estimate of drug-likeness (QED) is 0.735. The minimum Gasteiger partial charge on any atom is -0.448 e. The first kappa shape index (κ1) is 21.7. The summed E-state index contributed by atoms with van der Waals surface area (Å²) in [6, 6.07) is 13.5. The molecule has 0 atom stereocenters. The summed E-state index contributed by atoms with van der Waals surface area (Å²) >= 11 is 0. The van der Waals surface area contributed by atoms with E-state index in [-0.39, 0.29) is 35.4 Å². The molecule has 2 aromatic carbocycles. The number of nitriles is 1. The molecule has 0 unspecified atom stereocenters. The molecule has 1 saturated heterocycles. The van der Waals surface area contributed by atoms with Crippen LogP contribution < -0.4 is 14.8 Å². The largest absolute Gasteiger partial charge is 0.448 e. The number of carbonyl (C=O) groups is 1. The van der Waals surface area contributed by atoms with E-state index in [1.165, 1.54) is 16.4 Å². The molecule has 1 spiro atoms. The van der Waals surface area contributed by atoms with Crippen LogP contribution in [0.1, 0.15) is 44.1 Å². The number of ether oxygens (including phenoxy) is 2. The molecular formula is C24H25N3O5S. The van der Waals surface area contributed by atoms with E-state index < -0.39 is 15.8 Å². The lowest BCUT2D eigenvalue weighted by Gasteiger charge is -2.30. The zero-order chi connectivity index (χ0) is 23.1. The minimum absolute atomic E-state index is 0.01000. The monoisotopic (exact) mass is 467 g/mol. The van der Waals surface area contributed by atoms with Crippen molar-refractivity contribution in [2.24, 2.45) is 5.92 Å². The Balaban J connectivity index is 1.21. The first-order valence-electron chi connectivity index (χ1n) is 11.2. The van der Waals surface area contributed by atoms with Gasteiger partial charge < -0.3 is 14.8 Å². The van der Waals surface area contributed by atoms with Crippen molar-refractivity contribution in [1.82, 2.24) is 4.31 Å². The molecule has 8 nitrogen and oxygen atoms in total. The van der Waals surface area contributed by atoms with Crippen molar-refractivity contribution < 1.29 is 22.7 Å². The summed E-state index contributed by atoms with van der Waals surface area (Å²) in [5.74, 6) is 0.360. The number of fused-ring (bicyclic) bond motifs is 1. The number of benzene rings is 2. The Labute approximate surface area is 193 Å². The van der Waals surface area contributed by atoms with Crippen LogP contribution in [0.25, 0.3) is 0 Å². The Morgan fingerprint density at radius 3 is 2.48 bits per heavy atom. The molecule has 1 aliphatic carbocycles. The molecule has 2 aromatic rings. The maximum absolute atomic E-state index is 13.0. The normalized spacial score (nSPS) is 20.0. The van der Waals surface area contributed by atoms with Crippen molar-refractivity contribution in [2.45, 2.75) is 49.2 Å². The van der Waals surface area contributed by atoms with Crippen LogP contribution in [0.2, 0.25) is 0 Å². The van der Waals surface area contributed by atoms with Gasteiger partial charge in [0.1, 0.15) is 6.07 Å². The van der Waals surface area contributed by atoms with Crippen molar-refractivity contribution in [2.75, 3.05) is 18.4 Å². The molecule has 1 amide bonds. The Morgan fingerprint density at radius 2 is 1.76 bits per heavy atom. The molecule has 0 bridgehead atoms. The molecule has 0 aromatic heterocycles. The fraction of sp³-hybridized carbons (Fsp3) is 0.417. The maximum atomic E-state index is 13.0. The topological polar surface area (TPSA) is 109 Å². The van der Waals surface area contributed by atoms with Crippen LogP contribution in [-0.4, -0.2) is 37.5 Å². The van der Waals surface area contributed by atoms with Crippen LogP contribution in [0.15, 0.2) is 47.4 Å². The summed E-state index contributed by atoms with van der Waals surface area (Å²) in [7, 11) is -3.78. The number of amides is 1. The van der Waals surface area contributed by atoms with E-state index >= 15 is 0 Å². The van der Waals surface area contributed by atoms with Gasteiger partial charge in [-0.15, -0.1) is 0 Å². The van der Waals surface area contributed by atoms with E-state index in [0.29, 0.717) is 30.0 Å². The molecule has 2 heterocycles. The highest BCUT2D eigenvalue weighted by Gasteiger charge is 2.44. The van der Waals surface area contributed by atoms with Gasteiger partial charge in [-0.3, -0.25) is 4.79 Å². The molecule has 2 fully saturated rings. The number of hydrogen-bond donors (Lipinski definition) is 1. The van der Waals surface area contributed by atoms with Crippen LogP contribution in [0, 0.1) is 17.2 Å². The van der Waals surface area contributed by atoms with Gasteiger partial charge in [-0.1, -0.05) is 12.1 Å². The third-order valence-electron chi connectivity index (χ3n) is 6.62. The predicted molar refractivity (Wildman–Crippen MR) is 120 cm³/mol. The Bertz CT molecular complexity index is 1220. The number of hydrogen-bond acceptors (Lipinski definition) is 6. The van der Waals surface area contributed by atoms with E-state index in [0.717, 1.165) is 25.7 Å². The van der Waals surface area contributed by atoms with E-state index in [1.54, 1.807) is 24.3 Å². The third kappa shape index (κ3) is 4.05. The molecule has 3 aliphatic rings. The van der Waals surface area contributed by atoms with Gasteiger partial charge in [0, 0.05) is 43.6 Å². The Kier molecular flexibility index (Phi) is 5.51. The molecule has 172 valence electrons. The number of nitrogens with one attached hydrogen (secondary N) is 1. The summed E-state index contributed by atoms with van der Waals surface area (Å²) in [6.07, 6.45) is 4.70. The molecule has 9 heteroatoms. The van der Waals surface area contributed by atoms with Gasteiger partial charge in [-0.2, -0.15) is 9.57 Å². The molecule has 1 saturated carbocycles. The lowest BCUT2D eigenvalue weighted by atomic mass is 9.97. The van der Waals surface area contributed by atoms with E-state index in [9.17, 15) is 18.5 Å². The van der Waals surface area contributed by atoms with Crippen molar-refractivity contribution in [3.63, 3.8) is 0 Å². The molecule has 2 aliphatic heterocycles. The van der Waals surface area contributed by atoms with E-state index in [1.807, 2.05) is 12.1 Å². The first-order chi connectivity index (χ1) is 15.9. The van der Waals surface area contributed by atoms with Crippen molar-refractivity contribution in [3.8, 4) is 17.6 Å². The predicted octanol–water partition coefficient (Wildman–Crippen LogP) is 3.64. The highest BCUT2D eigenvalue weighted by molar-refractivity contribution is 7.89. The van der Waals surface area contributed by atoms with Crippen LogP contribution in [0.5, 0.6) is 11.5 Å². The average Bonchev–Trinajstić information content (AvgIpc) is 3.44. The van der Waals surface area contributed by atoms with Gasteiger partial charge in [-0.25, -0.2) is 8.42 Å². The van der Waals surface area contributed by atoms with Crippen molar-refractivity contribution in [3.05, 3.63) is 48.0 Å². The van der Waals surface area contributed by atoms with Gasteiger partial charge in [0.25, 0.3) is 5.79 Å². The number of carbonyl (C=O) groups excluding carboxylic acids is 1. The zero-order valence-corrected chi connectivity index (χ0v) is 18.9. The standard InChI is InChI=1S/C24H25N3O5S/c25-16-18-5-1-2-6-22(18)33(29,30)27-13-9-17(10-14-27)23(28)26-19-7-8-20-21(15-19)32-24(31-20)11-3-4-12-24/h1-2,5-8,15,17H,3-4,9-14H2,(H,26,28). The second-order valence-corrected chi connectivity index (χ2v) is 10.7. The van der Waals surface area contributed by atoms with Crippen molar-refractivity contribution >= 4 is 21.6 Å². The lowest BCUT2D eigenvalue weighted by Crippen LogP contribution is -2.41. The fourth-order valence-corrected chi connectivity index (χ4v) is 6.43. The van der Waals surface area contributed by atoms with Gasteiger partial charge >= 0.3 is 0 Å². The van der Waals surface area contributed by atoms with Gasteiger partial charge in [0.15, 0.2) is 11.5 Å². The summed E-state index contributed by atoms with van der Waals surface area (Å²) in [5.41, 5.74) is 0.759. The van der Waals surface area contributed by atoms with Gasteiger partial charge in [0.05, 0.1) is 10.5 Å². The number of sulfonamides is 1. The molecule has 0 radical (unpaired) electrons. The Hall–Kier alpha value is -3.09. The second kappa shape index (κ2) is 8.36. The summed E-state index contributed by atoms with van der Waals surface area (Å²) in [6.45, 7) is 0.452. The van der Waals surface area contributed by atoms with E-state index in [4.69, 9.17) is 9.47 Å². The second-order valence-electron chi connectivity index (χ2n) is 8.76. The minimum atomic E-state index is -3.78. The number of rotatable bonds is 4. The summed E-state index contributed by atoms with van der Waals surface area (Å²) in [4.78, 5) is 12.9. The van der Waals surface area contributed by atoms with E-state index in [2.05, 4.69) is 5.32 Å². The smallest absolute Gasteiger partial charge is 0.251 e. The molecule has 1 N–H and O–H groups in total. The van der Waals surface area contributed by atoms with Crippen molar-refractivity contribution in [1.29, 1.82) is 5.26 Å². The summed E-state index contributed by atoms with van der Waals surface area (Å²) in [5, 5.41) is 12.2. The first-order valence-corrected chi connectivity index (χ1v) is 12.7. The molecule has 5 rings (SSSR count). The Morgan fingerprint density at radius 1 is 1.06 bits per heavy atom. The SMILES string of the molecule is N#Cc1ccccc1S(=O)(=O)N1CCC(C(=O)Nc2ccc3c(c2)OC2(CCCC2)O3)CC1. The van der Waals surface area contributed by atoms with Crippen LogP contribution in [0.3, 0.4) is 0 Å². The maximum Gasteiger partial charge on any atom is 0.251 e.